The molecule has 236 valence electrons. The molecule has 6 aromatic carbocycles. The third-order valence-electron chi connectivity index (χ3n) is 11.8. The Labute approximate surface area is 289 Å². The summed E-state index contributed by atoms with van der Waals surface area (Å²) in [6.45, 7) is 0. The quantitative estimate of drug-likeness (QED) is 0.185. The summed E-state index contributed by atoms with van der Waals surface area (Å²) in [6, 6.07) is 53.8. The van der Waals surface area contributed by atoms with Crippen molar-refractivity contribution in [3.8, 4) is 55.8 Å². The average Bonchev–Trinajstić information content (AvgIpc) is 3.33. The van der Waals surface area contributed by atoms with Crippen molar-refractivity contribution in [1.82, 2.24) is 4.98 Å². The molecule has 49 heavy (non-hydrogen) atoms. The van der Waals surface area contributed by atoms with Crippen molar-refractivity contribution >= 4 is 10.8 Å². The van der Waals surface area contributed by atoms with Crippen molar-refractivity contribution in [2.75, 3.05) is 0 Å². The summed E-state index contributed by atoms with van der Waals surface area (Å²) < 4.78 is 0. The second kappa shape index (κ2) is 11.7. The number of aromatic nitrogens is 1. The van der Waals surface area contributed by atoms with Gasteiger partial charge >= 0.3 is 0 Å². The molecule has 0 saturated heterocycles. The van der Waals surface area contributed by atoms with Gasteiger partial charge in [-0.3, -0.25) is 4.98 Å². The van der Waals surface area contributed by atoms with E-state index in [0.29, 0.717) is 0 Å². The van der Waals surface area contributed by atoms with Crippen molar-refractivity contribution in [2.45, 2.75) is 43.9 Å². The lowest BCUT2D eigenvalue weighted by Gasteiger charge is -2.38. The molecular formula is C48H39N. The maximum atomic E-state index is 5.04. The van der Waals surface area contributed by atoms with Crippen LogP contribution in [0.15, 0.2) is 152 Å². The summed E-state index contributed by atoms with van der Waals surface area (Å²) in [4.78, 5) is 5.04. The minimum Gasteiger partial charge on any atom is -0.256 e. The van der Waals surface area contributed by atoms with Crippen LogP contribution in [0.3, 0.4) is 0 Å². The van der Waals surface area contributed by atoms with Gasteiger partial charge in [-0.15, -0.1) is 0 Å². The van der Waals surface area contributed by atoms with Crippen LogP contribution < -0.4 is 0 Å². The van der Waals surface area contributed by atoms with Crippen LogP contribution in [0.5, 0.6) is 0 Å². The highest BCUT2D eigenvalue weighted by molar-refractivity contribution is 5.96. The van der Waals surface area contributed by atoms with Gasteiger partial charge in [0.15, 0.2) is 0 Å². The number of benzene rings is 6. The van der Waals surface area contributed by atoms with Crippen LogP contribution in [0.1, 0.15) is 55.1 Å². The Kier molecular flexibility index (Phi) is 6.86. The molecule has 7 aromatic rings. The molecule has 0 spiro atoms. The number of hydrogen-bond acceptors (Lipinski definition) is 1. The van der Waals surface area contributed by atoms with E-state index < -0.39 is 0 Å². The third kappa shape index (κ3) is 5.20. The SMILES string of the molecule is c1ccc(-c2cc(-c3ccccc3)cc(-c3cccc(-c4cccc(-c5nccc6cc7c(cc56)C5CC6CC(CC7C6)C5)c4)c3)c2)cc1. The second-order valence-electron chi connectivity index (χ2n) is 14.9. The zero-order valence-electron chi connectivity index (χ0n) is 27.7. The molecule has 0 aliphatic heterocycles. The predicted octanol–water partition coefficient (Wildman–Crippen LogP) is 13.0. The van der Waals surface area contributed by atoms with Crippen LogP contribution in [-0.2, 0) is 0 Å². The van der Waals surface area contributed by atoms with E-state index in [2.05, 4.69) is 146 Å². The van der Waals surface area contributed by atoms with E-state index >= 15 is 0 Å². The Morgan fingerprint density at radius 1 is 0.367 bits per heavy atom. The largest absolute Gasteiger partial charge is 0.256 e. The van der Waals surface area contributed by atoms with E-state index in [0.717, 1.165) is 29.4 Å². The van der Waals surface area contributed by atoms with E-state index in [1.807, 2.05) is 6.20 Å². The van der Waals surface area contributed by atoms with E-state index in [1.165, 1.54) is 92.9 Å². The summed E-state index contributed by atoms with van der Waals surface area (Å²) in [5.74, 6) is 3.32. The monoisotopic (exact) mass is 629 g/mol. The maximum Gasteiger partial charge on any atom is 0.0780 e. The molecule has 2 saturated carbocycles. The fourth-order valence-corrected chi connectivity index (χ4v) is 9.66. The van der Waals surface area contributed by atoms with Gasteiger partial charge in [0.2, 0.25) is 0 Å². The van der Waals surface area contributed by atoms with Crippen molar-refractivity contribution in [2.24, 2.45) is 11.8 Å². The molecule has 1 nitrogen and oxygen atoms in total. The first kappa shape index (κ1) is 28.7. The molecule has 4 aliphatic carbocycles. The molecule has 0 amide bonds. The maximum absolute atomic E-state index is 5.04. The van der Waals surface area contributed by atoms with Crippen LogP contribution in [0.2, 0.25) is 0 Å². The third-order valence-corrected chi connectivity index (χ3v) is 11.8. The zero-order chi connectivity index (χ0) is 32.3. The molecule has 2 fully saturated rings. The highest BCUT2D eigenvalue weighted by Crippen LogP contribution is 2.56. The van der Waals surface area contributed by atoms with Crippen LogP contribution in [0, 0.1) is 11.8 Å². The van der Waals surface area contributed by atoms with Gasteiger partial charge in [0, 0.05) is 17.1 Å². The topological polar surface area (TPSA) is 12.9 Å². The molecule has 1 aromatic heterocycles. The Morgan fingerprint density at radius 3 is 1.41 bits per heavy atom. The predicted molar refractivity (Wildman–Crippen MR) is 204 cm³/mol. The molecule has 2 unspecified atom stereocenters. The number of fused-ring (bicyclic) bond motifs is 1. The first-order valence-corrected chi connectivity index (χ1v) is 18.1. The summed E-state index contributed by atoms with van der Waals surface area (Å²) in [7, 11) is 0. The average molecular weight is 630 g/mol. The minimum atomic E-state index is 0.723. The van der Waals surface area contributed by atoms with Crippen molar-refractivity contribution in [3.63, 3.8) is 0 Å². The summed E-state index contributed by atoms with van der Waals surface area (Å²) in [5, 5.41) is 2.64. The standard InChI is InChI=1S/C48H39N/c1-3-9-33(10-4-1)40-26-41(34-11-5-2-6-12-34)28-42(27-40)37-15-7-13-35(24-37)36-14-8-16-39(25-36)48-47-30-46-44-22-31-19-32(23-44)21-43(20-31)45(46)29-38(47)17-18-49-48/h1-18,24-32,43-44H,19-23H2. The van der Waals surface area contributed by atoms with Gasteiger partial charge in [-0.2, -0.15) is 0 Å². The molecule has 4 aliphatic rings. The van der Waals surface area contributed by atoms with Crippen LogP contribution in [0.4, 0.5) is 0 Å². The lowest BCUT2D eigenvalue weighted by Crippen LogP contribution is -2.25. The fourth-order valence-electron chi connectivity index (χ4n) is 9.66. The van der Waals surface area contributed by atoms with Crippen LogP contribution >= 0.6 is 0 Å². The van der Waals surface area contributed by atoms with Gasteiger partial charge in [-0.25, -0.2) is 0 Å². The Morgan fingerprint density at radius 2 is 0.816 bits per heavy atom. The molecular weight excluding hydrogens is 591 g/mol. The van der Waals surface area contributed by atoms with Crippen molar-refractivity contribution < 1.29 is 0 Å². The normalized spacial score (nSPS) is 20.7. The van der Waals surface area contributed by atoms with Gasteiger partial charge in [0.25, 0.3) is 0 Å². The highest BCUT2D eigenvalue weighted by atomic mass is 14.7. The number of hydrogen-bond donors (Lipinski definition) is 0. The van der Waals surface area contributed by atoms with Crippen molar-refractivity contribution in [3.05, 3.63) is 163 Å². The first-order valence-electron chi connectivity index (χ1n) is 18.1. The Hall–Kier alpha value is -5.27. The minimum absolute atomic E-state index is 0.723. The molecule has 4 bridgehead atoms. The molecule has 0 N–H and O–H groups in total. The van der Waals surface area contributed by atoms with Gasteiger partial charge < -0.3 is 0 Å². The van der Waals surface area contributed by atoms with Gasteiger partial charge in [0.1, 0.15) is 0 Å². The second-order valence-corrected chi connectivity index (χ2v) is 14.9. The fraction of sp³-hybridized carbons (Fsp3) is 0.188. The zero-order valence-corrected chi connectivity index (χ0v) is 27.7. The van der Waals surface area contributed by atoms with Crippen LogP contribution in [-0.4, -0.2) is 4.98 Å². The van der Waals surface area contributed by atoms with E-state index in [1.54, 1.807) is 11.1 Å². The molecule has 1 heteroatoms. The van der Waals surface area contributed by atoms with Crippen LogP contribution in [0.25, 0.3) is 66.5 Å². The molecule has 2 atom stereocenters. The van der Waals surface area contributed by atoms with Crippen molar-refractivity contribution in [1.29, 1.82) is 0 Å². The number of nitrogens with zero attached hydrogens (tertiary/aromatic N) is 1. The summed E-state index contributed by atoms with van der Waals surface area (Å²) in [6.07, 6.45) is 9.04. The lowest BCUT2D eigenvalue weighted by atomic mass is 9.67. The Bertz CT molecular complexity index is 2260. The van der Waals surface area contributed by atoms with E-state index in [-0.39, 0.29) is 0 Å². The molecule has 11 rings (SSSR count). The number of pyridine rings is 1. The van der Waals surface area contributed by atoms with Gasteiger partial charge in [0.05, 0.1) is 5.69 Å². The molecule has 1 heterocycles. The van der Waals surface area contributed by atoms with E-state index in [4.69, 9.17) is 4.98 Å². The van der Waals surface area contributed by atoms with Gasteiger partial charge in [-0.05, 0) is 159 Å². The Balaban J connectivity index is 1.05. The summed E-state index contributed by atoms with van der Waals surface area (Å²) in [5.41, 5.74) is 15.3. The summed E-state index contributed by atoms with van der Waals surface area (Å²) >= 11 is 0. The smallest absolute Gasteiger partial charge is 0.0780 e. The molecule has 0 radical (unpaired) electrons. The first-order chi connectivity index (χ1) is 24.2. The number of rotatable bonds is 5. The highest BCUT2D eigenvalue weighted by Gasteiger charge is 2.42. The lowest BCUT2D eigenvalue weighted by molar-refractivity contribution is 0.166. The van der Waals surface area contributed by atoms with Gasteiger partial charge in [-0.1, -0.05) is 103 Å². The van der Waals surface area contributed by atoms with E-state index in [9.17, 15) is 0 Å².